The van der Waals surface area contributed by atoms with E-state index in [4.69, 9.17) is 40.8 Å². The van der Waals surface area contributed by atoms with Gasteiger partial charge in [-0.2, -0.15) is 9.97 Å². The number of aromatic nitrogens is 6. The summed E-state index contributed by atoms with van der Waals surface area (Å²) in [5, 5.41) is 0.178. The number of rotatable bonds is 10. The van der Waals surface area contributed by atoms with Crippen molar-refractivity contribution >= 4 is 24.2 Å². The summed E-state index contributed by atoms with van der Waals surface area (Å²) < 4.78 is 12.9. The van der Waals surface area contributed by atoms with Crippen LogP contribution in [0.15, 0.2) is 400 Å². The molecule has 1 saturated heterocycles. The second-order valence-electron chi connectivity index (χ2n) is 35.5. The summed E-state index contributed by atoms with van der Waals surface area (Å²) in [6.07, 6.45) is 0. The summed E-state index contributed by atoms with van der Waals surface area (Å²) in [6, 6.07) is 143. The molecular formula is C118H98BClN6O2. The molecular weight excluding hydrogens is 1580 g/mol. The summed E-state index contributed by atoms with van der Waals surface area (Å²) >= 11 is 6.27. The molecule has 622 valence electrons. The highest BCUT2D eigenvalue weighted by molar-refractivity contribution is 6.62. The summed E-state index contributed by atoms with van der Waals surface area (Å²) in [5.41, 5.74) is 34.3. The van der Waals surface area contributed by atoms with Crippen LogP contribution < -0.4 is 5.46 Å². The van der Waals surface area contributed by atoms with Crippen LogP contribution in [0, 0.1) is 0 Å². The second-order valence-corrected chi connectivity index (χ2v) is 35.9. The van der Waals surface area contributed by atoms with E-state index in [-0.39, 0.29) is 54.7 Å². The minimum Gasteiger partial charge on any atom is -0.399 e. The van der Waals surface area contributed by atoms with Gasteiger partial charge >= 0.3 is 7.12 Å². The first kappa shape index (κ1) is 83.4. The van der Waals surface area contributed by atoms with Crippen LogP contribution in [-0.4, -0.2) is 48.2 Å². The second kappa shape index (κ2) is 33.0. The fraction of sp³-hybridized carbons (Fsp3) is 0.136. The number of benzene rings is 16. The first-order chi connectivity index (χ1) is 61.3. The molecule has 18 aromatic rings. The molecule has 0 N–H and O–H groups in total. The van der Waals surface area contributed by atoms with E-state index < -0.39 is 5.41 Å². The van der Waals surface area contributed by atoms with Crippen LogP contribution in [0.2, 0.25) is 5.28 Å². The van der Waals surface area contributed by atoms with Gasteiger partial charge in [0.2, 0.25) is 5.28 Å². The lowest BCUT2D eigenvalue weighted by Gasteiger charge is -2.46. The Bertz CT molecular complexity index is 7120. The number of hydrogen-bond donors (Lipinski definition) is 0. The van der Waals surface area contributed by atoms with Crippen molar-refractivity contribution in [2.75, 3.05) is 0 Å². The summed E-state index contributed by atoms with van der Waals surface area (Å²) in [7, 11) is -0.385. The molecule has 0 unspecified atom stereocenters. The molecule has 0 bridgehead atoms. The fourth-order valence-corrected chi connectivity index (χ4v) is 20.4. The van der Waals surface area contributed by atoms with E-state index in [1.165, 1.54) is 100 Å². The molecule has 23 rings (SSSR count). The average molecular weight is 1680 g/mol. The van der Waals surface area contributed by atoms with Crippen LogP contribution in [0.4, 0.5) is 0 Å². The van der Waals surface area contributed by atoms with Gasteiger partial charge in [-0.05, 0) is 196 Å². The number of nitrogens with zero attached hydrogens (tertiary/aromatic N) is 6. The largest absolute Gasteiger partial charge is 0.494 e. The maximum Gasteiger partial charge on any atom is 0.494 e. The number of fused-ring (bicyclic) bond motifs is 18. The molecule has 4 aliphatic carbocycles. The van der Waals surface area contributed by atoms with Crippen LogP contribution >= 0.6 is 11.6 Å². The van der Waals surface area contributed by atoms with Gasteiger partial charge in [0.15, 0.2) is 29.1 Å². The highest BCUT2D eigenvalue weighted by Gasteiger charge is 2.57. The van der Waals surface area contributed by atoms with Crippen molar-refractivity contribution in [1.29, 1.82) is 0 Å². The average Bonchev–Trinajstić information content (AvgIpc) is 1.49. The molecule has 0 radical (unpaired) electrons. The smallest absolute Gasteiger partial charge is 0.399 e. The van der Waals surface area contributed by atoms with Gasteiger partial charge in [-0.15, -0.1) is 0 Å². The van der Waals surface area contributed by atoms with E-state index in [0.717, 1.165) is 66.7 Å². The van der Waals surface area contributed by atoms with Crippen LogP contribution in [0.5, 0.6) is 0 Å². The minimum absolute atomic E-state index is 0. The van der Waals surface area contributed by atoms with Crippen molar-refractivity contribution < 1.29 is 9.31 Å². The molecule has 8 nitrogen and oxygen atoms in total. The Kier molecular flexibility index (Phi) is 21.5. The Morgan fingerprint density at radius 2 is 0.445 bits per heavy atom. The van der Waals surface area contributed by atoms with E-state index in [1.807, 2.05) is 72.8 Å². The van der Waals surface area contributed by atoms with E-state index in [0.29, 0.717) is 29.1 Å². The zero-order valence-electron chi connectivity index (χ0n) is 71.6. The van der Waals surface area contributed by atoms with Gasteiger partial charge in [0.05, 0.1) is 22.0 Å². The van der Waals surface area contributed by atoms with Gasteiger partial charge in [0, 0.05) is 38.6 Å². The zero-order chi connectivity index (χ0) is 85.7. The SMILES string of the molecule is C.C.CC1(C)c2ccccc2C2(c3ccccc3-c3cc(-c4nc(-c5ccc(-c6ccccc6)cc5)nc(-c5cccc(-c6ccccc6)c5)n4)ccc32)c2ccccc21.CC1(C)c2ccccc2C2(c3ccccc3-c3cc(B4OC(C)(C)C(C)(C)O4)ccc32)c2ccccc21.Clc1nc(-c2ccc(-c3ccccc3)cc2)nc(-c2cccc(-c3ccccc3)c2)n1. The number of hydrogen-bond acceptors (Lipinski definition) is 8. The fourth-order valence-electron chi connectivity index (χ4n) is 20.2. The van der Waals surface area contributed by atoms with Crippen molar-refractivity contribution in [2.24, 2.45) is 0 Å². The van der Waals surface area contributed by atoms with Crippen LogP contribution in [0.3, 0.4) is 0 Å². The van der Waals surface area contributed by atoms with Crippen molar-refractivity contribution in [1.82, 2.24) is 29.9 Å². The van der Waals surface area contributed by atoms with Crippen LogP contribution in [-0.2, 0) is 31.0 Å². The lowest BCUT2D eigenvalue weighted by molar-refractivity contribution is 0.00578. The van der Waals surface area contributed by atoms with Crippen molar-refractivity contribution in [2.45, 2.75) is 103 Å². The first-order valence-electron chi connectivity index (χ1n) is 43.4. The van der Waals surface area contributed by atoms with Gasteiger partial charge in [-0.3, -0.25) is 0 Å². The van der Waals surface area contributed by atoms with Gasteiger partial charge in [-0.1, -0.05) is 425 Å². The van der Waals surface area contributed by atoms with Gasteiger partial charge in [0.1, 0.15) is 0 Å². The van der Waals surface area contributed by atoms with E-state index in [9.17, 15) is 0 Å². The molecule has 16 aromatic carbocycles. The highest BCUT2D eigenvalue weighted by Crippen LogP contribution is 2.64. The molecule has 5 aliphatic rings. The predicted molar refractivity (Wildman–Crippen MR) is 528 cm³/mol. The summed E-state index contributed by atoms with van der Waals surface area (Å²) in [4.78, 5) is 29.1. The topological polar surface area (TPSA) is 95.8 Å². The molecule has 1 fully saturated rings. The first-order valence-corrected chi connectivity index (χ1v) is 43.8. The molecule has 2 aromatic heterocycles. The maximum atomic E-state index is 6.45. The van der Waals surface area contributed by atoms with Gasteiger partial charge in [-0.25, -0.2) is 19.9 Å². The van der Waals surface area contributed by atoms with Crippen molar-refractivity contribution in [3.8, 4) is 124 Å². The van der Waals surface area contributed by atoms with E-state index >= 15 is 0 Å². The van der Waals surface area contributed by atoms with Gasteiger partial charge in [0.25, 0.3) is 0 Å². The molecule has 0 amide bonds. The minimum atomic E-state index is -0.457. The lowest BCUT2D eigenvalue weighted by Crippen LogP contribution is -2.41. The quantitative estimate of drug-likeness (QED) is 0.125. The Hall–Kier alpha value is -14.2. The van der Waals surface area contributed by atoms with Gasteiger partial charge < -0.3 is 9.31 Å². The van der Waals surface area contributed by atoms with E-state index in [2.05, 4.69) is 393 Å². The molecule has 128 heavy (non-hydrogen) atoms. The molecule has 0 saturated carbocycles. The third-order valence-electron chi connectivity index (χ3n) is 27.1. The third-order valence-corrected chi connectivity index (χ3v) is 27.3. The molecule has 1 aliphatic heterocycles. The Morgan fingerprint density at radius 3 is 0.820 bits per heavy atom. The monoisotopic (exact) mass is 1680 g/mol. The van der Waals surface area contributed by atoms with Crippen LogP contribution in [0.25, 0.3) is 124 Å². The lowest BCUT2D eigenvalue weighted by atomic mass is 9.55. The van der Waals surface area contributed by atoms with Crippen molar-refractivity contribution in [3.63, 3.8) is 0 Å². The normalized spacial score (nSPS) is 14.9. The Morgan fingerprint density at radius 1 is 0.203 bits per heavy atom. The highest BCUT2D eigenvalue weighted by atomic mass is 35.5. The standard InChI is InChI=1S/C55H39N3.C34H33BO2.C27H18ClN3.2CH4/c1-54(2)47-24-11-13-26-49(47)55(50-27-14-12-25-48(50)54)45-23-10-9-22-43(45)44-35-42(32-33-46(44)55)53-57-51(39-30-28-38(29-31-39)36-16-5-3-6-17-36)56-52(58-53)41-21-15-20-40(34-41)37-18-7-4-8-19-37;1-31(2)27-15-9-11-17-29(27)34(30-18-12-10-16-28(30)31)25-14-8-7-13-23(25)24-21-22(19-20-26(24)34)35-36-32(3,4)33(5,6)37-35;28-27-30-25(22-16-14-21(15-17-22)19-8-3-1-4-9-19)29-26(31-27)24-13-7-12-23(18-24)20-10-5-2-6-11-20;;/h3-35H,1-2H3;7-21H,1-6H3;1-18H;2*1H4. The Balaban J connectivity index is 0.000000132. The van der Waals surface area contributed by atoms with Crippen LogP contribution in [0.1, 0.15) is 137 Å². The predicted octanol–water partition coefficient (Wildman–Crippen LogP) is 28.7. The third kappa shape index (κ3) is 14.0. The molecule has 3 heterocycles. The number of halogens is 1. The van der Waals surface area contributed by atoms with Crippen molar-refractivity contribution in [3.05, 3.63) is 472 Å². The summed E-state index contributed by atoms with van der Waals surface area (Å²) in [6.45, 7) is 17.9. The summed E-state index contributed by atoms with van der Waals surface area (Å²) in [5.74, 6) is 3.03. The molecule has 2 spiro atoms. The molecule has 0 atom stereocenters. The van der Waals surface area contributed by atoms with E-state index in [1.54, 1.807) is 0 Å². The Labute approximate surface area is 757 Å². The molecule has 10 heteroatoms. The zero-order valence-corrected chi connectivity index (χ0v) is 72.3. The maximum absolute atomic E-state index is 6.45.